The number of piperazine rings is 1. The summed E-state index contributed by atoms with van der Waals surface area (Å²) in [6.45, 7) is 3.17. The van der Waals surface area contributed by atoms with E-state index in [4.69, 9.17) is 0 Å². The summed E-state index contributed by atoms with van der Waals surface area (Å²) >= 11 is 0. The third kappa shape index (κ3) is 2.11. The van der Waals surface area contributed by atoms with E-state index in [1.807, 2.05) is 11.9 Å². The number of fused-ring (bicyclic) bond motifs is 3. The van der Waals surface area contributed by atoms with Gasteiger partial charge in [0.05, 0.1) is 17.3 Å². The van der Waals surface area contributed by atoms with Crippen molar-refractivity contribution < 1.29 is 13.2 Å². The molecule has 2 aliphatic heterocycles. The molecule has 1 saturated heterocycles. The van der Waals surface area contributed by atoms with Crippen molar-refractivity contribution in [2.24, 2.45) is 0 Å². The summed E-state index contributed by atoms with van der Waals surface area (Å²) in [4.78, 5) is 8.01. The van der Waals surface area contributed by atoms with Crippen LogP contribution in [0, 0.1) is 0 Å². The number of aromatic nitrogens is 1. The summed E-state index contributed by atoms with van der Waals surface area (Å²) < 4.78 is 38.2. The highest BCUT2D eigenvalue weighted by Gasteiger charge is 2.36. The Bertz CT molecular complexity index is 488. The summed E-state index contributed by atoms with van der Waals surface area (Å²) in [5.41, 5.74) is -0.125. The van der Waals surface area contributed by atoms with Crippen molar-refractivity contribution in [2.45, 2.75) is 12.2 Å². The normalized spacial score (nSPS) is 23.1. The van der Waals surface area contributed by atoms with Crippen LogP contribution in [0.3, 0.4) is 0 Å². The van der Waals surface area contributed by atoms with Crippen LogP contribution in [-0.4, -0.2) is 44.3 Å². The second-order valence-electron chi connectivity index (χ2n) is 5.00. The highest BCUT2D eigenvalue weighted by atomic mass is 19.4. The Balaban J connectivity index is 2.02. The zero-order valence-corrected chi connectivity index (χ0v) is 10.5. The monoisotopic (exact) mass is 272 g/mol. The molecular weight excluding hydrogens is 257 g/mol. The average molecular weight is 272 g/mol. The Morgan fingerprint density at radius 3 is 2.95 bits per heavy atom. The van der Waals surface area contributed by atoms with Crippen LogP contribution in [0.15, 0.2) is 12.3 Å². The number of hydrogen-bond donors (Lipinski definition) is 1. The van der Waals surface area contributed by atoms with Gasteiger partial charge in [-0.15, -0.1) is 0 Å². The van der Waals surface area contributed by atoms with Crippen molar-refractivity contribution in [1.82, 2.24) is 10.3 Å². The summed E-state index contributed by atoms with van der Waals surface area (Å²) in [5.74, 6) is 0.660. The highest BCUT2D eigenvalue weighted by molar-refractivity contribution is 5.71. The van der Waals surface area contributed by atoms with Crippen LogP contribution in [-0.2, 0) is 6.18 Å². The van der Waals surface area contributed by atoms with E-state index in [0.717, 1.165) is 25.8 Å². The van der Waals surface area contributed by atoms with E-state index in [2.05, 4.69) is 15.2 Å². The van der Waals surface area contributed by atoms with Crippen molar-refractivity contribution in [3.8, 4) is 0 Å². The van der Waals surface area contributed by atoms with E-state index >= 15 is 0 Å². The predicted molar refractivity (Wildman–Crippen MR) is 66.5 cm³/mol. The first-order valence-electron chi connectivity index (χ1n) is 6.22. The second-order valence-corrected chi connectivity index (χ2v) is 5.00. The Hall–Kier alpha value is -1.50. The molecule has 1 aromatic heterocycles. The number of likely N-dealkylation sites (N-methyl/N-ethyl adjacent to an activating group) is 1. The number of nitrogens with zero attached hydrogens (tertiary/aromatic N) is 3. The van der Waals surface area contributed by atoms with Crippen molar-refractivity contribution in [3.05, 3.63) is 17.8 Å². The Labute approximate surface area is 109 Å². The van der Waals surface area contributed by atoms with Gasteiger partial charge < -0.3 is 15.1 Å². The Morgan fingerprint density at radius 2 is 2.21 bits per heavy atom. The quantitative estimate of drug-likeness (QED) is 0.772. The van der Waals surface area contributed by atoms with Gasteiger partial charge in [-0.25, -0.2) is 4.98 Å². The van der Waals surface area contributed by atoms with Gasteiger partial charge in [0.15, 0.2) is 5.82 Å². The molecule has 0 bridgehead atoms. The van der Waals surface area contributed by atoms with Crippen LogP contribution in [0.5, 0.6) is 0 Å². The first-order valence-corrected chi connectivity index (χ1v) is 6.22. The van der Waals surface area contributed by atoms with Crippen LogP contribution in [0.25, 0.3) is 0 Å². The zero-order valence-electron chi connectivity index (χ0n) is 10.5. The van der Waals surface area contributed by atoms with Gasteiger partial charge in [0.1, 0.15) is 0 Å². The lowest BCUT2D eigenvalue weighted by Gasteiger charge is -2.45. The Morgan fingerprint density at radius 1 is 1.42 bits per heavy atom. The molecule has 1 fully saturated rings. The molecule has 1 atom stereocenters. The third-order valence-corrected chi connectivity index (χ3v) is 3.69. The number of anilines is 2. The SMILES string of the molecule is CN1C[C@@H]2CNCCN2c2ncc(C(F)(F)F)cc21. The maximum absolute atomic E-state index is 12.7. The number of nitrogens with one attached hydrogen (secondary N) is 1. The smallest absolute Gasteiger partial charge is 0.369 e. The molecule has 0 unspecified atom stereocenters. The molecule has 0 radical (unpaired) electrons. The van der Waals surface area contributed by atoms with Gasteiger partial charge in [0, 0.05) is 39.4 Å². The molecule has 4 nitrogen and oxygen atoms in total. The molecule has 7 heteroatoms. The standard InChI is InChI=1S/C12H15F3N4/c1-18-7-9-6-16-2-3-19(9)11-10(18)4-8(5-17-11)12(13,14)15/h4-5,9,16H,2-3,6-7H2,1H3/t9-/m0/s1. The molecule has 1 N–H and O–H groups in total. The van der Waals surface area contributed by atoms with Crippen LogP contribution in [0.1, 0.15) is 5.56 Å². The van der Waals surface area contributed by atoms with E-state index in [-0.39, 0.29) is 6.04 Å². The molecule has 19 heavy (non-hydrogen) atoms. The maximum Gasteiger partial charge on any atom is 0.417 e. The zero-order chi connectivity index (χ0) is 13.6. The number of rotatable bonds is 0. The fourth-order valence-corrected chi connectivity index (χ4v) is 2.72. The predicted octanol–water partition coefficient (Wildman–Crippen LogP) is 1.33. The first-order chi connectivity index (χ1) is 8.97. The van der Waals surface area contributed by atoms with E-state index in [9.17, 15) is 13.2 Å². The van der Waals surface area contributed by atoms with Gasteiger partial charge in [0.25, 0.3) is 0 Å². The van der Waals surface area contributed by atoms with Gasteiger partial charge in [-0.05, 0) is 6.07 Å². The van der Waals surface area contributed by atoms with Crippen LogP contribution in [0.2, 0.25) is 0 Å². The number of pyridine rings is 1. The van der Waals surface area contributed by atoms with Gasteiger partial charge in [-0.1, -0.05) is 0 Å². The van der Waals surface area contributed by atoms with Crippen molar-refractivity contribution in [2.75, 3.05) is 43.0 Å². The molecule has 0 saturated carbocycles. The molecule has 104 valence electrons. The van der Waals surface area contributed by atoms with Gasteiger partial charge in [-0.3, -0.25) is 0 Å². The fourth-order valence-electron chi connectivity index (χ4n) is 2.72. The maximum atomic E-state index is 12.7. The van der Waals surface area contributed by atoms with E-state index in [1.54, 1.807) is 0 Å². The lowest BCUT2D eigenvalue weighted by Crippen LogP contribution is -2.58. The average Bonchev–Trinajstić information content (AvgIpc) is 2.37. The molecule has 3 heterocycles. The minimum absolute atomic E-state index is 0.274. The van der Waals surface area contributed by atoms with Crippen LogP contribution >= 0.6 is 0 Å². The Kier molecular flexibility index (Phi) is 2.81. The van der Waals surface area contributed by atoms with E-state index in [0.29, 0.717) is 18.1 Å². The second kappa shape index (κ2) is 4.26. The molecular formula is C12H15F3N4. The highest BCUT2D eigenvalue weighted by Crippen LogP contribution is 2.38. The largest absolute Gasteiger partial charge is 0.417 e. The van der Waals surface area contributed by atoms with Crippen molar-refractivity contribution in [3.63, 3.8) is 0 Å². The molecule has 0 amide bonds. The summed E-state index contributed by atoms with van der Waals surface area (Å²) in [6.07, 6.45) is -3.42. The van der Waals surface area contributed by atoms with Crippen LogP contribution < -0.4 is 15.1 Å². The number of alkyl halides is 3. The molecule has 0 aromatic carbocycles. The topological polar surface area (TPSA) is 31.4 Å². The fraction of sp³-hybridized carbons (Fsp3) is 0.583. The number of hydrogen-bond acceptors (Lipinski definition) is 4. The molecule has 0 aliphatic carbocycles. The van der Waals surface area contributed by atoms with E-state index in [1.165, 1.54) is 6.07 Å². The summed E-state index contributed by atoms with van der Waals surface area (Å²) in [6, 6.07) is 1.47. The molecule has 0 spiro atoms. The van der Waals surface area contributed by atoms with Gasteiger partial charge in [0.2, 0.25) is 0 Å². The minimum atomic E-state index is -4.34. The van der Waals surface area contributed by atoms with E-state index < -0.39 is 11.7 Å². The summed E-state index contributed by atoms with van der Waals surface area (Å²) in [5, 5.41) is 3.29. The summed E-state index contributed by atoms with van der Waals surface area (Å²) in [7, 11) is 1.81. The minimum Gasteiger partial charge on any atom is -0.369 e. The van der Waals surface area contributed by atoms with Crippen molar-refractivity contribution >= 4 is 11.5 Å². The van der Waals surface area contributed by atoms with Crippen molar-refractivity contribution in [1.29, 1.82) is 0 Å². The van der Waals surface area contributed by atoms with Gasteiger partial charge in [-0.2, -0.15) is 13.2 Å². The first kappa shape index (κ1) is 12.5. The van der Waals surface area contributed by atoms with Crippen LogP contribution in [0.4, 0.5) is 24.7 Å². The van der Waals surface area contributed by atoms with Gasteiger partial charge >= 0.3 is 6.18 Å². The molecule has 3 rings (SSSR count). The molecule has 2 aliphatic rings. The molecule has 1 aromatic rings. The lowest BCUT2D eigenvalue weighted by molar-refractivity contribution is -0.137. The number of halogens is 3. The lowest BCUT2D eigenvalue weighted by atomic mass is 10.1. The third-order valence-electron chi connectivity index (χ3n) is 3.69.